The molecule has 3 aromatic rings. The van der Waals surface area contributed by atoms with Gasteiger partial charge in [0.15, 0.2) is 24.1 Å². The minimum atomic E-state index is -2.15. The number of H-pyrrole nitrogens is 1. The summed E-state index contributed by atoms with van der Waals surface area (Å²) in [6, 6.07) is 5.09. The molecule has 1 saturated heterocycles. The van der Waals surface area contributed by atoms with Crippen LogP contribution in [-0.4, -0.2) is 67.6 Å². The van der Waals surface area contributed by atoms with Gasteiger partial charge in [-0.25, -0.2) is 22.8 Å². The average Bonchev–Trinajstić information content (AvgIpc) is 3.38. The van der Waals surface area contributed by atoms with E-state index in [9.17, 15) is 19.8 Å². The highest BCUT2D eigenvalue weighted by atomic mass is 19.1. The van der Waals surface area contributed by atoms with Gasteiger partial charge in [0.05, 0.1) is 23.2 Å². The number of alkyl halides is 1. The number of aliphatic hydroxyl groups is 1. The quantitative estimate of drug-likeness (QED) is 0.424. The zero-order chi connectivity index (χ0) is 28.3. The molecule has 0 spiro atoms. The molecular formula is C27H28F3N3O6. The maximum Gasteiger partial charge on any atom is 0.411 e. The molecule has 3 N–H and O–H groups in total. The zero-order valence-electron chi connectivity index (χ0n) is 21.5. The lowest BCUT2D eigenvalue weighted by atomic mass is 9.75. The highest BCUT2D eigenvalue weighted by molar-refractivity contribution is 5.84. The summed E-state index contributed by atoms with van der Waals surface area (Å²) in [4.78, 5) is 31.5. The van der Waals surface area contributed by atoms with Crippen LogP contribution in [0.3, 0.4) is 0 Å². The normalized spacial score (nSPS) is 22.5. The van der Waals surface area contributed by atoms with Gasteiger partial charge in [-0.15, -0.1) is 0 Å². The number of likely N-dealkylation sites (tertiary alicyclic amines) is 1. The first-order valence-corrected chi connectivity index (χ1v) is 12.5. The Labute approximate surface area is 221 Å². The molecule has 0 unspecified atom stereocenters. The van der Waals surface area contributed by atoms with Crippen LogP contribution in [0.15, 0.2) is 30.3 Å². The molecule has 12 heteroatoms. The van der Waals surface area contributed by atoms with Crippen molar-refractivity contribution < 1.29 is 42.4 Å². The minimum absolute atomic E-state index is 0.0589. The van der Waals surface area contributed by atoms with Crippen LogP contribution >= 0.6 is 0 Å². The van der Waals surface area contributed by atoms with Crippen molar-refractivity contribution in [2.24, 2.45) is 0 Å². The summed E-state index contributed by atoms with van der Waals surface area (Å²) in [5, 5.41) is 20.0. The summed E-state index contributed by atoms with van der Waals surface area (Å²) < 4.78 is 56.3. The number of amides is 1. The number of hydrogen-bond acceptors (Lipinski definition) is 6. The van der Waals surface area contributed by atoms with Gasteiger partial charge in [-0.3, -0.25) is 4.90 Å². The number of aromatic amines is 1. The van der Waals surface area contributed by atoms with Crippen molar-refractivity contribution >= 4 is 23.1 Å². The number of imidazole rings is 1. The smallest absolute Gasteiger partial charge is 0.411 e. The van der Waals surface area contributed by atoms with Crippen LogP contribution in [0, 0.1) is 11.6 Å². The van der Waals surface area contributed by atoms with E-state index in [1.807, 2.05) is 0 Å². The van der Waals surface area contributed by atoms with Crippen LogP contribution in [0.1, 0.15) is 45.6 Å². The molecule has 2 aromatic carbocycles. The number of ether oxygens (including phenoxy) is 2. The number of fused-ring (bicyclic) bond motifs is 1. The highest BCUT2D eigenvalue weighted by Gasteiger charge is 2.51. The molecular weight excluding hydrogens is 519 g/mol. The fourth-order valence-corrected chi connectivity index (χ4v) is 4.93. The number of aromatic nitrogens is 2. The van der Waals surface area contributed by atoms with E-state index < -0.39 is 59.8 Å². The fraction of sp³-hybridized carbons (Fsp3) is 0.444. The number of aliphatic carboxylic acids is 1. The van der Waals surface area contributed by atoms with Gasteiger partial charge in [-0.1, -0.05) is 24.3 Å². The van der Waals surface area contributed by atoms with Crippen molar-refractivity contribution in [2.45, 2.75) is 69.6 Å². The van der Waals surface area contributed by atoms with E-state index >= 15 is 13.2 Å². The van der Waals surface area contributed by atoms with Gasteiger partial charge in [0.2, 0.25) is 0 Å². The molecule has 0 radical (unpaired) electrons. The predicted molar refractivity (Wildman–Crippen MR) is 133 cm³/mol. The maximum absolute atomic E-state index is 15.5. The standard InChI is InChI=1S/C27H28F3N3O6/c1-26(2,3)39-25(36)33-12-17(19(29)22(33)23(34)35)38-24-31-16-11-15(28)18(20(30)21(16)32-24)13-5-7-14(8-6-13)27(37)9-4-10-27/h5-8,11,17,19,22,37H,4,9-10,12H2,1-3H3,(H,31,32)(H,34,35)/t17-,19-,22+/m1/s1. The number of nitrogens with zero attached hydrogens (tertiary/aromatic N) is 2. The number of carbonyl (C=O) groups excluding carboxylic acids is 1. The first-order chi connectivity index (χ1) is 18.3. The van der Waals surface area contributed by atoms with Crippen LogP contribution in [0.2, 0.25) is 0 Å². The minimum Gasteiger partial charge on any atom is -0.480 e. The number of carboxylic acid groups (broad SMARTS) is 1. The number of nitrogens with one attached hydrogen (secondary N) is 1. The van der Waals surface area contributed by atoms with Gasteiger partial charge >= 0.3 is 12.1 Å². The van der Waals surface area contributed by atoms with Crippen LogP contribution in [0.4, 0.5) is 18.0 Å². The van der Waals surface area contributed by atoms with Crippen molar-refractivity contribution in [3.8, 4) is 17.1 Å². The van der Waals surface area contributed by atoms with Crippen LogP contribution < -0.4 is 4.74 Å². The Hall–Kier alpha value is -3.80. The lowest BCUT2D eigenvalue weighted by molar-refractivity contribution is -0.143. The average molecular weight is 548 g/mol. The van der Waals surface area contributed by atoms with E-state index in [4.69, 9.17) is 9.47 Å². The SMILES string of the molecule is CC(C)(C)OC(=O)N1C[C@@H](Oc2nc3c(F)c(-c4ccc(C5(O)CCC5)cc4)c(F)cc3[nH]2)[C@@H](F)[C@H]1C(=O)O. The molecule has 208 valence electrons. The van der Waals surface area contributed by atoms with Gasteiger partial charge in [0.25, 0.3) is 6.01 Å². The topological polar surface area (TPSA) is 125 Å². The van der Waals surface area contributed by atoms with E-state index in [-0.39, 0.29) is 28.2 Å². The Bertz CT molecular complexity index is 1430. The van der Waals surface area contributed by atoms with Gasteiger partial charge in [-0.05, 0) is 51.2 Å². The molecule has 1 aliphatic heterocycles. The Morgan fingerprint density at radius 1 is 1.18 bits per heavy atom. The second-order valence-electron chi connectivity index (χ2n) is 11.0. The third-order valence-electron chi connectivity index (χ3n) is 7.05. The largest absolute Gasteiger partial charge is 0.480 e. The second kappa shape index (κ2) is 9.44. The highest BCUT2D eigenvalue weighted by Crippen LogP contribution is 2.42. The summed E-state index contributed by atoms with van der Waals surface area (Å²) in [6.45, 7) is 4.28. The summed E-state index contributed by atoms with van der Waals surface area (Å²) in [7, 11) is 0. The molecule has 9 nitrogen and oxygen atoms in total. The van der Waals surface area contributed by atoms with Crippen LogP contribution in [0.25, 0.3) is 22.2 Å². The third-order valence-corrected chi connectivity index (χ3v) is 7.05. The van der Waals surface area contributed by atoms with Crippen molar-refractivity contribution in [3.63, 3.8) is 0 Å². The summed E-state index contributed by atoms with van der Waals surface area (Å²) in [5.74, 6) is -3.44. The Balaban J connectivity index is 1.40. The van der Waals surface area contributed by atoms with E-state index in [2.05, 4.69) is 9.97 Å². The number of benzene rings is 2. The van der Waals surface area contributed by atoms with Gasteiger partial charge in [0.1, 0.15) is 16.9 Å². The molecule has 5 rings (SSSR count). The first kappa shape index (κ1) is 26.8. The van der Waals surface area contributed by atoms with Crippen LogP contribution in [-0.2, 0) is 15.1 Å². The molecule has 2 heterocycles. The van der Waals surface area contributed by atoms with Crippen LogP contribution in [0.5, 0.6) is 6.01 Å². The molecule has 2 fully saturated rings. The fourth-order valence-electron chi connectivity index (χ4n) is 4.93. The van der Waals surface area contributed by atoms with Crippen molar-refractivity contribution in [1.29, 1.82) is 0 Å². The van der Waals surface area contributed by atoms with E-state index in [1.54, 1.807) is 32.9 Å². The van der Waals surface area contributed by atoms with Gasteiger partial charge in [-0.2, -0.15) is 4.98 Å². The van der Waals surface area contributed by atoms with Crippen molar-refractivity contribution in [2.75, 3.05) is 6.54 Å². The lowest BCUT2D eigenvalue weighted by Gasteiger charge is -2.37. The van der Waals surface area contributed by atoms with Crippen molar-refractivity contribution in [3.05, 3.63) is 47.5 Å². The van der Waals surface area contributed by atoms with Crippen molar-refractivity contribution in [1.82, 2.24) is 14.9 Å². The molecule has 3 atom stereocenters. The lowest BCUT2D eigenvalue weighted by Crippen LogP contribution is -2.46. The van der Waals surface area contributed by atoms with E-state index in [1.165, 1.54) is 12.1 Å². The number of halogens is 3. The number of carbonyl (C=O) groups is 2. The molecule has 1 aromatic heterocycles. The van der Waals surface area contributed by atoms with E-state index in [0.717, 1.165) is 12.5 Å². The first-order valence-electron chi connectivity index (χ1n) is 12.5. The zero-order valence-corrected chi connectivity index (χ0v) is 21.5. The Kier molecular flexibility index (Phi) is 6.48. The molecule has 1 amide bonds. The second-order valence-corrected chi connectivity index (χ2v) is 11.0. The monoisotopic (exact) mass is 547 g/mol. The number of rotatable bonds is 5. The predicted octanol–water partition coefficient (Wildman–Crippen LogP) is 4.67. The summed E-state index contributed by atoms with van der Waals surface area (Å²) in [5.41, 5.74) is -1.61. The Morgan fingerprint density at radius 3 is 2.41 bits per heavy atom. The molecule has 2 aliphatic rings. The molecule has 0 bridgehead atoms. The maximum atomic E-state index is 15.5. The summed E-state index contributed by atoms with van der Waals surface area (Å²) in [6.07, 6.45) is -2.48. The number of hydrogen-bond donors (Lipinski definition) is 3. The summed E-state index contributed by atoms with van der Waals surface area (Å²) >= 11 is 0. The van der Waals surface area contributed by atoms with Gasteiger partial charge < -0.3 is 24.7 Å². The van der Waals surface area contributed by atoms with E-state index in [0.29, 0.717) is 23.3 Å². The molecule has 1 saturated carbocycles. The van der Waals surface area contributed by atoms with Gasteiger partial charge in [0, 0.05) is 6.07 Å². The molecule has 39 heavy (non-hydrogen) atoms. The Morgan fingerprint density at radius 2 is 1.85 bits per heavy atom. The molecule has 1 aliphatic carbocycles. The third kappa shape index (κ3) is 4.88. The number of carboxylic acids is 1.